The molecule has 0 amide bonds. The second-order valence-corrected chi connectivity index (χ2v) is 6.54. The Morgan fingerprint density at radius 1 is 1.36 bits per heavy atom. The van der Waals surface area contributed by atoms with E-state index in [1.54, 1.807) is 26.2 Å². The highest BCUT2D eigenvalue weighted by atomic mass is 32.2. The number of carbonyl (C=O) groups is 1. The number of benzene rings is 1. The number of nitrogens with zero attached hydrogens (tertiary/aromatic N) is 3. The molecule has 0 saturated carbocycles. The number of aromatic amines is 1. The number of thioether (sulfide) groups is 1. The van der Waals surface area contributed by atoms with Crippen molar-refractivity contribution in [2.24, 2.45) is 0 Å². The summed E-state index contributed by atoms with van der Waals surface area (Å²) < 4.78 is 5.13. The van der Waals surface area contributed by atoms with Gasteiger partial charge in [0.25, 0.3) is 11.2 Å². The Balaban J connectivity index is 2.47. The molecule has 0 fully saturated rings. The van der Waals surface area contributed by atoms with Gasteiger partial charge in [-0.25, -0.2) is 14.8 Å². The van der Waals surface area contributed by atoms with E-state index in [-0.39, 0.29) is 34.5 Å². The van der Waals surface area contributed by atoms with E-state index in [4.69, 9.17) is 4.74 Å². The average Bonchev–Trinajstić information content (AvgIpc) is 2.66. The molecule has 1 N–H and O–H groups in total. The Morgan fingerprint density at radius 3 is 2.75 bits per heavy atom. The third-order valence-electron chi connectivity index (χ3n) is 4.03. The smallest absolute Gasteiger partial charge is 0.340 e. The number of hydrogen-bond acceptors (Lipinski definition) is 8. The Morgan fingerprint density at radius 2 is 2.11 bits per heavy atom. The zero-order valence-electron chi connectivity index (χ0n) is 15.3. The van der Waals surface area contributed by atoms with Crippen LogP contribution >= 0.6 is 11.8 Å². The standard InChI is InChI=1S/C18H16N4O5S/c1-4-27-17(24)12-9(2)19-15-14(16(23)21-18(20-15)28-3)13(12)10-6-5-7-11(8-10)22(25)26/h5-8H,4H2,1-3H3,(H,19,20,21,23). The van der Waals surface area contributed by atoms with Crippen molar-refractivity contribution in [1.29, 1.82) is 0 Å². The molecular weight excluding hydrogens is 384 g/mol. The maximum atomic E-state index is 12.8. The minimum atomic E-state index is -0.663. The van der Waals surface area contributed by atoms with Crippen molar-refractivity contribution in [3.05, 3.63) is 56.0 Å². The summed E-state index contributed by atoms with van der Waals surface area (Å²) in [6.07, 6.45) is 1.76. The number of pyridine rings is 1. The van der Waals surface area contributed by atoms with Crippen molar-refractivity contribution in [3.8, 4) is 11.1 Å². The molecular formula is C18H16N4O5S. The summed E-state index contributed by atoms with van der Waals surface area (Å²) in [4.78, 5) is 47.3. The summed E-state index contributed by atoms with van der Waals surface area (Å²) in [6, 6.07) is 5.71. The van der Waals surface area contributed by atoms with E-state index in [0.717, 1.165) is 0 Å². The molecule has 2 aromatic heterocycles. The monoisotopic (exact) mass is 400 g/mol. The largest absolute Gasteiger partial charge is 0.462 e. The van der Waals surface area contributed by atoms with Gasteiger partial charge in [-0.05, 0) is 25.7 Å². The number of carbonyl (C=O) groups excluding carboxylic acids is 1. The van der Waals surface area contributed by atoms with E-state index in [0.29, 0.717) is 16.4 Å². The topological polar surface area (TPSA) is 128 Å². The van der Waals surface area contributed by atoms with E-state index >= 15 is 0 Å². The van der Waals surface area contributed by atoms with Gasteiger partial charge in [0, 0.05) is 17.7 Å². The maximum absolute atomic E-state index is 12.8. The third kappa shape index (κ3) is 3.46. The number of rotatable bonds is 5. The number of nitro groups is 1. The van der Waals surface area contributed by atoms with E-state index in [2.05, 4.69) is 15.0 Å². The number of nitro benzene ring substituents is 1. The van der Waals surface area contributed by atoms with Crippen LogP contribution < -0.4 is 5.56 Å². The lowest BCUT2D eigenvalue weighted by atomic mass is 9.95. The Labute approximate surface area is 163 Å². The molecule has 0 aliphatic carbocycles. The molecule has 0 bridgehead atoms. The van der Waals surface area contributed by atoms with Gasteiger partial charge in [-0.2, -0.15) is 0 Å². The van der Waals surface area contributed by atoms with E-state index < -0.39 is 16.5 Å². The lowest BCUT2D eigenvalue weighted by molar-refractivity contribution is -0.384. The number of aryl methyl sites for hydroxylation is 1. The van der Waals surface area contributed by atoms with Gasteiger partial charge in [0.15, 0.2) is 10.8 Å². The number of nitrogens with one attached hydrogen (secondary N) is 1. The van der Waals surface area contributed by atoms with Crippen molar-refractivity contribution < 1.29 is 14.5 Å². The molecule has 144 valence electrons. The van der Waals surface area contributed by atoms with Crippen LogP contribution in [-0.2, 0) is 4.74 Å². The minimum absolute atomic E-state index is 0.0759. The van der Waals surface area contributed by atoms with Gasteiger partial charge in [0.1, 0.15) is 0 Å². The first-order valence-electron chi connectivity index (χ1n) is 8.28. The first kappa shape index (κ1) is 19.5. The van der Waals surface area contributed by atoms with Crippen LogP contribution in [0.15, 0.2) is 34.2 Å². The van der Waals surface area contributed by atoms with Gasteiger partial charge in [-0.1, -0.05) is 23.9 Å². The fourth-order valence-electron chi connectivity index (χ4n) is 2.88. The van der Waals surface area contributed by atoms with Crippen LogP contribution in [0.3, 0.4) is 0 Å². The number of H-pyrrole nitrogens is 1. The number of ether oxygens (including phenoxy) is 1. The van der Waals surface area contributed by atoms with Gasteiger partial charge in [0.2, 0.25) is 0 Å². The van der Waals surface area contributed by atoms with Crippen LogP contribution in [0.5, 0.6) is 0 Å². The summed E-state index contributed by atoms with van der Waals surface area (Å²) in [7, 11) is 0. The molecule has 9 nitrogen and oxygen atoms in total. The van der Waals surface area contributed by atoms with Crippen molar-refractivity contribution in [3.63, 3.8) is 0 Å². The summed E-state index contributed by atoms with van der Waals surface area (Å²) in [6.45, 7) is 3.40. The zero-order valence-corrected chi connectivity index (χ0v) is 16.1. The van der Waals surface area contributed by atoms with Crippen LogP contribution in [-0.4, -0.2) is 38.7 Å². The number of hydrogen-bond donors (Lipinski definition) is 1. The number of non-ortho nitro benzene ring substituents is 1. The predicted octanol–water partition coefficient (Wildman–Crippen LogP) is 3.10. The second kappa shape index (κ2) is 7.77. The van der Waals surface area contributed by atoms with Gasteiger partial charge in [0.05, 0.1) is 28.2 Å². The molecule has 1 aromatic carbocycles. The normalized spacial score (nSPS) is 10.8. The SMILES string of the molecule is CCOC(=O)c1c(C)nc2nc(SC)[nH]c(=O)c2c1-c1cccc([N+](=O)[O-])c1. The zero-order chi connectivity index (χ0) is 20.4. The molecule has 0 aliphatic rings. The van der Waals surface area contributed by atoms with Crippen molar-refractivity contribution in [1.82, 2.24) is 15.0 Å². The van der Waals surface area contributed by atoms with Crippen molar-refractivity contribution in [2.75, 3.05) is 12.9 Å². The van der Waals surface area contributed by atoms with Crippen LogP contribution in [0.4, 0.5) is 5.69 Å². The highest BCUT2D eigenvalue weighted by Gasteiger charge is 2.25. The lowest BCUT2D eigenvalue weighted by Gasteiger charge is -2.14. The summed E-state index contributed by atoms with van der Waals surface area (Å²) in [5.41, 5.74) is 0.439. The fourth-order valence-corrected chi connectivity index (χ4v) is 3.25. The van der Waals surface area contributed by atoms with Gasteiger partial charge in [-0.15, -0.1) is 0 Å². The molecule has 0 radical (unpaired) electrons. The highest BCUT2D eigenvalue weighted by molar-refractivity contribution is 7.98. The summed E-state index contributed by atoms with van der Waals surface area (Å²) >= 11 is 1.24. The first-order chi connectivity index (χ1) is 13.4. The third-order valence-corrected chi connectivity index (χ3v) is 4.61. The molecule has 0 unspecified atom stereocenters. The second-order valence-electron chi connectivity index (χ2n) is 5.75. The number of aromatic nitrogens is 3. The molecule has 3 rings (SSSR count). The van der Waals surface area contributed by atoms with Crippen molar-refractivity contribution >= 4 is 34.5 Å². The number of fused-ring (bicyclic) bond motifs is 1. The summed E-state index contributed by atoms with van der Waals surface area (Å²) in [5, 5.41) is 11.7. The van der Waals surface area contributed by atoms with Gasteiger partial charge >= 0.3 is 5.97 Å². The highest BCUT2D eigenvalue weighted by Crippen LogP contribution is 2.33. The fraction of sp³-hybridized carbons (Fsp3) is 0.222. The quantitative estimate of drug-likeness (QED) is 0.227. The Bertz CT molecular complexity index is 1160. The van der Waals surface area contributed by atoms with Crippen LogP contribution in [0.1, 0.15) is 23.0 Å². The molecule has 2 heterocycles. The minimum Gasteiger partial charge on any atom is -0.462 e. The van der Waals surface area contributed by atoms with E-state index in [1.807, 2.05) is 0 Å². The Kier molecular flexibility index (Phi) is 5.41. The summed E-state index contributed by atoms with van der Waals surface area (Å²) in [5.74, 6) is -0.663. The van der Waals surface area contributed by atoms with Crippen molar-refractivity contribution in [2.45, 2.75) is 19.0 Å². The molecule has 28 heavy (non-hydrogen) atoms. The molecule has 10 heteroatoms. The molecule has 3 aromatic rings. The average molecular weight is 400 g/mol. The maximum Gasteiger partial charge on any atom is 0.340 e. The van der Waals surface area contributed by atoms with E-state index in [9.17, 15) is 19.7 Å². The van der Waals surface area contributed by atoms with Crippen LogP contribution in [0.25, 0.3) is 22.2 Å². The first-order valence-corrected chi connectivity index (χ1v) is 9.50. The molecule has 0 aliphatic heterocycles. The Hall–Kier alpha value is -3.27. The predicted molar refractivity (Wildman–Crippen MR) is 105 cm³/mol. The van der Waals surface area contributed by atoms with Gasteiger partial charge in [-0.3, -0.25) is 14.9 Å². The molecule has 0 spiro atoms. The van der Waals surface area contributed by atoms with Crippen LogP contribution in [0.2, 0.25) is 0 Å². The van der Waals surface area contributed by atoms with Crippen LogP contribution in [0, 0.1) is 17.0 Å². The number of esters is 1. The van der Waals surface area contributed by atoms with E-state index in [1.165, 1.54) is 30.0 Å². The van der Waals surface area contributed by atoms with Gasteiger partial charge < -0.3 is 9.72 Å². The lowest BCUT2D eigenvalue weighted by Crippen LogP contribution is -2.17. The molecule has 0 saturated heterocycles. The molecule has 0 atom stereocenters.